The molecule has 1 aliphatic heterocycles. The lowest BCUT2D eigenvalue weighted by Crippen LogP contribution is -2.30. The third-order valence-electron chi connectivity index (χ3n) is 4.26. The standard InChI is InChI=1S/C18H27N5O3/c1-13(2)23-17-14(10-21-23)9-15(11-20-17)22-18(24)19-6-4-7-25-12-16-5-3-8-26-16/h9-11,13,16H,3-8,12H2,1-2H3,(H2,19,22,24)/t16-/m0/s1. The van der Waals surface area contributed by atoms with Gasteiger partial charge in [0.2, 0.25) is 0 Å². The summed E-state index contributed by atoms with van der Waals surface area (Å²) in [6.45, 7) is 6.76. The van der Waals surface area contributed by atoms with Gasteiger partial charge in [0.15, 0.2) is 5.65 Å². The fourth-order valence-electron chi connectivity index (χ4n) is 2.93. The van der Waals surface area contributed by atoms with Crippen molar-refractivity contribution < 1.29 is 14.3 Å². The number of ether oxygens (including phenoxy) is 2. The first-order valence-electron chi connectivity index (χ1n) is 9.21. The molecule has 1 aliphatic rings. The molecule has 8 heteroatoms. The van der Waals surface area contributed by atoms with Crippen LogP contribution in [0.25, 0.3) is 11.0 Å². The number of hydrogen-bond donors (Lipinski definition) is 2. The number of rotatable bonds is 8. The maximum Gasteiger partial charge on any atom is 0.319 e. The third kappa shape index (κ3) is 4.92. The molecule has 1 saturated heterocycles. The number of pyridine rings is 1. The fourth-order valence-corrected chi connectivity index (χ4v) is 2.93. The molecule has 2 N–H and O–H groups in total. The summed E-state index contributed by atoms with van der Waals surface area (Å²) in [5.74, 6) is 0. The lowest BCUT2D eigenvalue weighted by atomic mass is 10.2. The second kappa shape index (κ2) is 8.95. The highest BCUT2D eigenvalue weighted by Crippen LogP contribution is 2.18. The van der Waals surface area contributed by atoms with E-state index in [0.29, 0.717) is 25.4 Å². The zero-order valence-corrected chi connectivity index (χ0v) is 15.4. The van der Waals surface area contributed by atoms with E-state index in [2.05, 4.69) is 34.6 Å². The van der Waals surface area contributed by atoms with Crippen LogP contribution in [0.3, 0.4) is 0 Å². The summed E-state index contributed by atoms with van der Waals surface area (Å²) in [6.07, 6.45) is 6.61. The smallest absolute Gasteiger partial charge is 0.319 e. The summed E-state index contributed by atoms with van der Waals surface area (Å²) in [7, 11) is 0. The van der Waals surface area contributed by atoms with Crippen LogP contribution in [0.4, 0.5) is 10.5 Å². The van der Waals surface area contributed by atoms with Crippen LogP contribution in [0, 0.1) is 0 Å². The van der Waals surface area contributed by atoms with Gasteiger partial charge in [-0.2, -0.15) is 5.10 Å². The van der Waals surface area contributed by atoms with Crippen molar-refractivity contribution in [3.05, 3.63) is 18.5 Å². The van der Waals surface area contributed by atoms with E-state index < -0.39 is 0 Å². The predicted octanol–water partition coefficient (Wildman–Crippen LogP) is 2.72. The van der Waals surface area contributed by atoms with Gasteiger partial charge in [0.05, 0.1) is 30.8 Å². The molecule has 0 spiro atoms. The number of hydrogen-bond acceptors (Lipinski definition) is 5. The van der Waals surface area contributed by atoms with Gasteiger partial charge < -0.3 is 20.1 Å². The van der Waals surface area contributed by atoms with Gasteiger partial charge >= 0.3 is 6.03 Å². The van der Waals surface area contributed by atoms with Gasteiger partial charge in [-0.1, -0.05) is 0 Å². The van der Waals surface area contributed by atoms with E-state index >= 15 is 0 Å². The molecule has 2 aromatic heterocycles. The van der Waals surface area contributed by atoms with Crippen LogP contribution in [0.15, 0.2) is 18.5 Å². The molecule has 0 radical (unpaired) electrons. The first-order chi connectivity index (χ1) is 12.6. The lowest BCUT2D eigenvalue weighted by molar-refractivity contribution is 0.0168. The topological polar surface area (TPSA) is 90.3 Å². The first kappa shape index (κ1) is 18.6. The summed E-state index contributed by atoms with van der Waals surface area (Å²) in [5.41, 5.74) is 1.46. The molecule has 2 aromatic rings. The van der Waals surface area contributed by atoms with Gasteiger partial charge in [-0.15, -0.1) is 0 Å². The number of nitrogens with zero attached hydrogens (tertiary/aromatic N) is 3. The van der Waals surface area contributed by atoms with Gasteiger partial charge in [0.25, 0.3) is 0 Å². The van der Waals surface area contributed by atoms with Crippen LogP contribution in [0.5, 0.6) is 0 Å². The molecule has 0 unspecified atom stereocenters. The Balaban J connectivity index is 1.37. The van der Waals surface area contributed by atoms with Gasteiger partial charge in [-0.3, -0.25) is 0 Å². The minimum atomic E-state index is -0.249. The van der Waals surface area contributed by atoms with Gasteiger partial charge in [0.1, 0.15) is 0 Å². The number of anilines is 1. The lowest BCUT2D eigenvalue weighted by Gasteiger charge is -2.11. The molecule has 0 aromatic carbocycles. The molecule has 142 valence electrons. The van der Waals surface area contributed by atoms with E-state index in [0.717, 1.165) is 36.9 Å². The largest absolute Gasteiger partial charge is 0.379 e. The maximum absolute atomic E-state index is 12.0. The van der Waals surface area contributed by atoms with Crippen molar-refractivity contribution in [1.82, 2.24) is 20.1 Å². The van der Waals surface area contributed by atoms with Crippen LogP contribution in [-0.4, -0.2) is 53.3 Å². The van der Waals surface area contributed by atoms with Crippen molar-refractivity contribution in [3.63, 3.8) is 0 Å². The molecular weight excluding hydrogens is 334 g/mol. The molecule has 3 rings (SSSR count). The Bertz CT molecular complexity index is 725. The molecular formula is C18H27N5O3. The fraction of sp³-hybridized carbons (Fsp3) is 0.611. The Morgan fingerprint density at radius 1 is 1.46 bits per heavy atom. The molecule has 1 fully saturated rings. The molecule has 0 aliphatic carbocycles. The van der Waals surface area contributed by atoms with Crippen molar-refractivity contribution in [2.45, 2.75) is 45.3 Å². The Hall–Kier alpha value is -2.19. The van der Waals surface area contributed by atoms with E-state index in [-0.39, 0.29) is 18.2 Å². The number of carbonyl (C=O) groups excluding carboxylic acids is 1. The summed E-state index contributed by atoms with van der Waals surface area (Å²) in [4.78, 5) is 16.4. The van der Waals surface area contributed by atoms with E-state index in [1.54, 1.807) is 12.4 Å². The van der Waals surface area contributed by atoms with Gasteiger partial charge in [-0.25, -0.2) is 14.5 Å². The Kier molecular flexibility index (Phi) is 6.40. The molecule has 0 bridgehead atoms. The number of carbonyl (C=O) groups is 1. The zero-order valence-electron chi connectivity index (χ0n) is 15.4. The van der Waals surface area contributed by atoms with Gasteiger partial charge in [0, 0.05) is 31.2 Å². The third-order valence-corrected chi connectivity index (χ3v) is 4.26. The summed E-state index contributed by atoms with van der Waals surface area (Å²) >= 11 is 0. The second-order valence-corrected chi connectivity index (χ2v) is 6.76. The van der Waals surface area contributed by atoms with Crippen LogP contribution >= 0.6 is 0 Å². The molecule has 8 nitrogen and oxygen atoms in total. The van der Waals surface area contributed by atoms with E-state index in [4.69, 9.17) is 9.47 Å². The maximum atomic E-state index is 12.0. The highest BCUT2D eigenvalue weighted by molar-refractivity contribution is 5.91. The number of urea groups is 1. The highest BCUT2D eigenvalue weighted by atomic mass is 16.5. The summed E-state index contributed by atoms with van der Waals surface area (Å²) in [5, 5.41) is 10.8. The SMILES string of the molecule is CC(C)n1ncc2cc(NC(=O)NCCCOC[C@@H]3CCCO3)cnc21. The highest BCUT2D eigenvalue weighted by Gasteiger charge is 2.15. The van der Waals surface area contributed by atoms with Crippen molar-refractivity contribution in [1.29, 1.82) is 0 Å². The summed E-state index contributed by atoms with van der Waals surface area (Å²) < 4.78 is 12.9. The van der Waals surface area contributed by atoms with Crippen molar-refractivity contribution >= 4 is 22.8 Å². The average Bonchev–Trinajstić information content (AvgIpc) is 3.27. The number of fused-ring (bicyclic) bond motifs is 1. The Morgan fingerprint density at radius 2 is 2.35 bits per heavy atom. The average molecular weight is 361 g/mol. The number of amides is 2. The van der Waals surface area contributed by atoms with Crippen molar-refractivity contribution in [2.75, 3.05) is 31.7 Å². The van der Waals surface area contributed by atoms with E-state index in [1.807, 2.05) is 10.7 Å². The van der Waals surface area contributed by atoms with Crippen molar-refractivity contribution in [3.8, 4) is 0 Å². The molecule has 2 amide bonds. The molecule has 0 saturated carbocycles. The van der Waals surface area contributed by atoms with Crippen LogP contribution in [-0.2, 0) is 9.47 Å². The van der Waals surface area contributed by atoms with E-state index in [9.17, 15) is 4.79 Å². The minimum Gasteiger partial charge on any atom is -0.379 e. The minimum absolute atomic E-state index is 0.240. The van der Waals surface area contributed by atoms with Crippen LogP contribution in [0.1, 0.15) is 39.2 Å². The normalized spacial score (nSPS) is 17.1. The number of nitrogens with one attached hydrogen (secondary N) is 2. The van der Waals surface area contributed by atoms with Crippen LogP contribution < -0.4 is 10.6 Å². The monoisotopic (exact) mass is 361 g/mol. The van der Waals surface area contributed by atoms with Crippen LogP contribution in [0.2, 0.25) is 0 Å². The van der Waals surface area contributed by atoms with E-state index in [1.165, 1.54) is 0 Å². The quantitative estimate of drug-likeness (QED) is 0.706. The molecule has 26 heavy (non-hydrogen) atoms. The van der Waals surface area contributed by atoms with Crippen molar-refractivity contribution in [2.24, 2.45) is 0 Å². The summed E-state index contributed by atoms with van der Waals surface area (Å²) in [6, 6.07) is 1.87. The number of aromatic nitrogens is 3. The molecule has 1 atom stereocenters. The Morgan fingerprint density at radius 3 is 3.12 bits per heavy atom. The second-order valence-electron chi connectivity index (χ2n) is 6.76. The van der Waals surface area contributed by atoms with Gasteiger partial charge in [-0.05, 0) is 39.2 Å². The first-order valence-corrected chi connectivity index (χ1v) is 9.21. The Labute approximate surface area is 153 Å². The predicted molar refractivity (Wildman–Crippen MR) is 99.3 cm³/mol. The molecule has 3 heterocycles. The zero-order chi connectivity index (χ0) is 18.4.